The second-order valence-corrected chi connectivity index (χ2v) is 4.32. The molecule has 5 N–H and O–H groups in total. The number of para-hydroxylation sites is 1. The summed E-state index contributed by atoms with van der Waals surface area (Å²) in [7, 11) is 0. The molecule has 0 saturated heterocycles. The molecule has 2 amide bonds. The molecule has 2 rings (SSSR count). The minimum atomic E-state index is -0.607. The van der Waals surface area contributed by atoms with E-state index in [1.807, 2.05) is 0 Å². The number of benzene rings is 2. The van der Waals surface area contributed by atoms with Crippen LogP contribution in [0.3, 0.4) is 0 Å². The van der Waals surface area contributed by atoms with Crippen LogP contribution in [0.1, 0.15) is 10.4 Å². The molecule has 0 fully saturated rings. The van der Waals surface area contributed by atoms with Gasteiger partial charge in [-0.15, -0.1) is 0 Å². The third kappa shape index (κ3) is 3.97. The first-order valence-corrected chi connectivity index (χ1v) is 6.23. The van der Waals surface area contributed by atoms with Crippen LogP contribution >= 0.6 is 0 Å². The molecule has 6 heteroatoms. The van der Waals surface area contributed by atoms with Crippen LogP contribution in [0.2, 0.25) is 0 Å². The molecule has 0 aliphatic carbocycles. The Bertz CT molecular complexity index is 653. The molecule has 0 spiro atoms. The number of nitrogens with one attached hydrogen (secondary N) is 1. The van der Waals surface area contributed by atoms with Crippen molar-refractivity contribution in [2.75, 3.05) is 17.7 Å². The molecule has 2 aromatic carbocycles. The van der Waals surface area contributed by atoms with E-state index >= 15 is 0 Å². The van der Waals surface area contributed by atoms with Gasteiger partial charge in [0.25, 0.3) is 11.8 Å². The molecule has 0 radical (unpaired) electrons. The van der Waals surface area contributed by atoms with E-state index in [4.69, 9.17) is 16.2 Å². The average molecular weight is 285 g/mol. The number of hydrogen-bond donors (Lipinski definition) is 3. The second-order valence-electron chi connectivity index (χ2n) is 4.32. The number of amides is 2. The van der Waals surface area contributed by atoms with E-state index in [1.165, 1.54) is 6.07 Å². The van der Waals surface area contributed by atoms with Gasteiger partial charge in [0.05, 0.1) is 5.56 Å². The molecule has 0 atom stereocenters. The van der Waals surface area contributed by atoms with Gasteiger partial charge in [-0.1, -0.05) is 12.1 Å². The minimum Gasteiger partial charge on any atom is -0.483 e. The summed E-state index contributed by atoms with van der Waals surface area (Å²) >= 11 is 0. The van der Waals surface area contributed by atoms with Crippen LogP contribution in [-0.4, -0.2) is 18.4 Å². The average Bonchev–Trinajstić information content (AvgIpc) is 2.48. The quantitative estimate of drug-likeness (QED) is 0.721. The number of carbonyl (C=O) groups is 2. The van der Waals surface area contributed by atoms with E-state index < -0.39 is 5.91 Å². The Morgan fingerprint density at radius 2 is 1.71 bits per heavy atom. The Kier molecular flexibility index (Phi) is 4.40. The van der Waals surface area contributed by atoms with Crippen molar-refractivity contribution >= 4 is 23.2 Å². The van der Waals surface area contributed by atoms with Crippen molar-refractivity contribution in [1.82, 2.24) is 0 Å². The summed E-state index contributed by atoms with van der Waals surface area (Å²) in [4.78, 5) is 23.0. The molecular formula is C15H15N3O3. The van der Waals surface area contributed by atoms with Gasteiger partial charge in [0.1, 0.15) is 5.75 Å². The maximum Gasteiger partial charge on any atom is 0.262 e. The predicted molar refractivity (Wildman–Crippen MR) is 79.9 cm³/mol. The van der Waals surface area contributed by atoms with Gasteiger partial charge < -0.3 is 21.5 Å². The summed E-state index contributed by atoms with van der Waals surface area (Å²) in [5, 5.41) is 2.65. The van der Waals surface area contributed by atoms with Crippen LogP contribution in [0.15, 0.2) is 48.5 Å². The third-order valence-corrected chi connectivity index (χ3v) is 2.71. The minimum absolute atomic E-state index is 0.228. The smallest absolute Gasteiger partial charge is 0.262 e. The van der Waals surface area contributed by atoms with Crippen molar-refractivity contribution < 1.29 is 14.3 Å². The highest BCUT2D eigenvalue weighted by molar-refractivity contribution is 5.96. The Balaban J connectivity index is 1.95. The van der Waals surface area contributed by atoms with Crippen LogP contribution in [0.5, 0.6) is 5.75 Å². The van der Waals surface area contributed by atoms with E-state index in [2.05, 4.69) is 5.32 Å². The molecule has 21 heavy (non-hydrogen) atoms. The number of ether oxygens (including phenoxy) is 1. The SMILES string of the molecule is NC(=O)c1ccccc1OCC(=O)Nc1ccc(N)cc1. The molecule has 0 unspecified atom stereocenters. The van der Waals surface area contributed by atoms with Crippen LogP contribution in [-0.2, 0) is 4.79 Å². The topological polar surface area (TPSA) is 107 Å². The van der Waals surface area contributed by atoms with Crippen molar-refractivity contribution in [3.63, 3.8) is 0 Å². The predicted octanol–water partition coefficient (Wildman–Crippen LogP) is 1.39. The van der Waals surface area contributed by atoms with Gasteiger partial charge in [0.2, 0.25) is 0 Å². The van der Waals surface area contributed by atoms with Gasteiger partial charge in [-0.05, 0) is 36.4 Å². The van der Waals surface area contributed by atoms with Crippen molar-refractivity contribution in [2.45, 2.75) is 0 Å². The fourth-order valence-electron chi connectivity index (χ4n) is 1.70. The lowest BCUT2D eigenvalue weighted by Crippen LogP contribution is -2.21. The summed E-state index contributed by atoms with van der Waals surface area (Å²) in [6, 6.07) is 13.2. The Labute approximate surface area is 121 Å². The molecule has 0 saturated carbocycles. The van der Waals surface area contributed by atoms with Crippen molar-refractivity contribution in [3.8, 4) is 5.75 Å². The summed E-state index contributed by atoms with van der Waals surface area (Å²) < 4.78 is 5.32. The summed E-state index contributed by atoms with van der Waals surface area (Å²) in [6.45, 7) is -0.228. The van der Waals surface area contributed by atoms with Crippen LogP contribution in [0.25, 0.3) is 0 Å². The molecule has 0 aromatic heterocycles. The molecule has 0 bridgehead atoms. The van der Waals surface area contributed by atoms with Crippen molar-refractivity contribution in [3.05, 3.63) is 54.1 Å². The Morgan fingerprint density at radius 1 is 1.05 bits per heavy atom. The standard InChI is InChI=1S/C15H15N3O3/c16-10-5-7-11(8-6-10)18-14(19)9-21-13-4-2-1-3-12(13)15(17)20/h1-8H,9,16H2,(H2,17,20)(H,18,19). The fourth-order valence-corrected chi connectivity index (χ4v) is 1.70. The second kappa shape index (κ2) is 6.42. The van der Waals surface area contributed by atoms with Crippen molar-refractivity contribution in [1.29, 1.82) is 0 Å². The van der Waals surface area contributed by atoms with Gasteiger partial charge in [-0.3, -0.25) is 9.59 Å². The molecule has 6 nitrogen and oxygen atoms in total. The van der Waals surface area contributed by atoms with Gasteiger partial charge >= 0.3 is 0 Å². The maximum absolute atomic E-state index is 11.8. The Morgan fingerprint density at radius 3 is 2.38 bits per heavy atom. The van der Waals surface area contributed by atoms with Crippen molar-refractivity contribution in [2.24, 2.45) is 5.73 Å². The lowest BCUT2D eigenvalue weighted by molar-refractivity contribution is -0.118. The van der Waals surface area contributed by atoms with E-state index in [0.717, 1.165) is 0 Å². The Hall–Kier alpha value is -3.02. The number of rotatable bonds is 5. The van der Waals surface area contributed by atoms with E-state index in [0.29, 0.717) is 11.4 Å². The van der Waals surface area contributed by atoms with E-state index in [1.54, 1.807) is 42.5 Å². The highest BCUT2D eigenvalue weighted by Crippen LogP contribution is 2.17. The lowest BCUT2D eigenvalue weighted by atomic mass is 10.2. The zero-order chi connectivity index (χ0) is 15.2. The summed E-state index contributed by atoms with van der Waals surface area (Å²) in [6.07, 6.45) is 0. The molecule has 0 aliphatic heterocycles. The van der Waals surface area contributed by atoms with Gasteiger partial charge in [-0.2, -0.15) is 0 Å². The molecular weight excluding hydrogens is 270 g/mol. The summed E-state index contributed by atoms with van der Waals surface area (Å²) in [5.41, 5.74) is 12.2. The van der Waals surface area contributed by atoms with Gasteiger partial charge in [0, 0.05) is 11.4 Å². The number of hydrogen-bond acceptors (Lipinski definition) is 4. The number of nitrogen functional groups attached to an aromatic ring is 1. The highest BCUT2D eigenvalue weighted by Gasteiger charge is 2.10. The van der Waals surface area contributed by atoms with E-state index in [-0.39, 0.29) is 23.8 Å². The van der Waals surface area contributed by atoms with Gasteiger partial charge in [-0.25, -0.2) is 0 Å². The third-order valence-electron chi connectivity index (χ3n) is 2.71. The lowest BCUT2D eigenvalue weighted by Gasteiger charge is -2.10. The normalized spacial score (nSPS) is 9.90. The molecule has 0 aliphatic rings. The fraction of sp³-hybridized carbons (Fsp3) is 0.0667. The largest absolute Gasteiger partial charge is 0.483 e. The number of nitrogens with two attached hydrogens (primary N) is 2. The first-order valence-electron chi connectivity index (χ1n) is 6.23. The monoisotopic (exact) mass is 285 g/mol. The van der Waals surface area contributed by atoms with Crippen LogP contribution < -0.4 is 21.5 Å². The molecule has 0 heterocycles. The van der Waals surface area contributed by atoms with E-state index in [9.17, 15) is 9.59 Å². The number of anilines is 2. The van der Waals surface area contributed by atoms with Crippen LogP contribution in [0.4, 0.5) is 11.4 Å². The zero-order valence-electron chi connectivity index (χ0n) is 11.2. The van der Waals surface area contributed by atoms with Crippen LogP contribution in [0, 0.1) is 0 Å². The number of primary amides is 1. The first-order chi connectivity index (χ1) is 10.1. The zero-order valence-corrected chi connectivity index (χ0v) is 11.2. The van der Waals surface area contributed by atoms with Gasteiger partial charge in [0.15, 0.2) is 6.61 Å². The maximum atomic E-state index is 11.8. The summed E-state index contributed by atoms with van der Waals surface area (Å²) in [5.74, 6) is -0.680. The highest BCUT2D eigenvalue weighted by atomic mass is 16.5. The number of carbonyl (C=O) groups excluding carboxylic acids is 2. The molecule has 2 aromatic rings. The first kappa shape index (κ1) is 14.4. The molecule has 108 valence electrons.